The summed E-state index contributed by atoms with van der Waals surface area (Å²) < 4.78 is 1.73. The van der Waals surface area contributed by atoms with Gasteiger partial charge in [0.2, 0.25) is 0 Å². The number of aromatic nitrogens is 5. The molecule has 1 aliphatic rings. The van der Waals surface area contributed by atoms with Crippen molar-refractivity contribution in [2.45, 2.75) is 18.9 Å². The van der Waals surface area contributed by atoms with E-state index in [0.717, 1.165) is 17.5 Å². The van der Waals surface area contributed by atoms with Crippen molar-refractivity contribution in [2.24, 2.45) is 0 Å². The normalized spacial score (nSPS) is 17.0. The summed E-state index contributed by atoms with van der Waals surface area (Å²) in [5, 5.41) is 19.3. The van der Waals surface area contributed by atoms with Crippen LogP contribution in [0.4, 0.5) is 5.69 Å². The summed E-state index contributed by atoms with van der Waals surface area (Å²) in [4.78, 5) is 18.9. The Morgan fingerprint density at radius 3 is 3.14 bits per heavy atom. The molecule has 104 valence electrons. The molecule has 0 aliphatic heterocycles. The number of nitrogens with zero attached hydrogens (tertiary/aromatic N) is 6. The molecule has 0 radical (unpaired) electrons. The second-order valence-electron chi connectivity index (χ2n) is 4.92. The first-order valence-electron chi connectivity index (χ1n) is 6.53. The average Bonchev–Trinajstić information content (AvgIpc) is 3.09. The molecule has 4 rings (SSSR count). The molecule has 0 saturated heterocycles. The van der Waals surface area contributed by atoms with Crippen LogP contribution in [0.3, 0.4) is 0 Å². The van der Waals surface area contributed by atoms with Crippen molar-refractivity contribution in [3.05, 3.63) is 52.0 Å². The predicted octanol–water partition coefficient (Wildman–Crippen LogP) is 1.67. The van der Waals surface area contributed by atoms with Crippen LogP contribution in [0.25, 0.3) is 11.2 Å². The van der Waals surface area contributed by atoms with Crippen molar-refractivity contribution in [2.75, 3.05) is 0 Å². The molecule has 0 amide bonds. The fourth-order valence-corrected chi connectivity index (χ4v) is 2.95. The molecule has 0 bridgehead atoms. The lowest BCUT2D eigenvalue weighted by molar-refractivity contribution is -0.385. The summed E-state index contributed by atoms with van der Waals surface area (Å²) in [6, 6.07) is 5.10. The Morgan fingerprint density at radius 2 is 2.29 bits per heavy atom. The Morgan fingerprint density at radius 1 is 1.38 bits per heavy atom. The lowest BCUT2D eigenvalue weighted by Gasteiger charge is -2.11. The zero-order valence-corrected chi connectivity index (χ0v) is 10.9. The van der Waals surface area contributed by atoms with Gasteiger partial charge < -0.3 is 0 Å². The highest BCUT2D eigenvalue weighted by Gasteiger charge is 2.31. The van der Waals surface area contributed by atoms with E-state index >= 15 is 0 Å². The van der Waals surface area contributed by atoms with Crippen LogP contribution < -0.4 is 0 Å². The van der Waals surface area contributed by atoms with E-state index < -0.39 is 0 Å². The van der Waals surface area contributed by atoms with Gasteiger partial charge in [-0.25, -0.2) is 14.6 Å². The van der Waals surface area contributed by atoms with Gasteiger partial charge >= 0.3 is 0 Å². The standard InChI is InChI=1S/C13H10N6O2/c20-19(21)12-3-1-2-8-9(12)4-5-11(8)18-13-10(16-17-18)6-14-7-15-13/h1-3,6-7,11H,4-5H2. The molecule has 1 aromatic carbocycles. The summed E-state index contributed by atoms with van der Waals surface area (Å²) >= 11 is 0. The van der Waals surface area contributed by atoms with E-state index in [1.54, 1.807) is 23.0 Å². The molecule has 2 heterocycles. The minimum atomic E-state index is -0.331. The highest BCUT2D eigenvalue weighted by molar-refractivity contribution is 5.68. The van der Waals surface area contributed by atoms with Gasteiger partial charge in [0.1, 0.15) is 6.33 Å². The molecule has 0 fully saturated rings. The van der Waals surface area contributed by atoms with Crippen LogP contribution in [0.15, 0.2) is 30.7 Å². The largest absolute Gasteiger partial charge is 0.272 e. The lowest BCUT2D eigenvalue weighted by Crippen LogP contribution is -2.10. The predicted molar refractivity (Wildman–Crippen MR) is 72.7 cm³/mol. The van der Waals surface area contributed by atoms with E-state index in [4.69, 9.17) is 0 Å². The first kappa shape index (κ1) is 11.9. The molecule has 3 aromatic rings. The second-order valence-corrected chi connectivity index (χ2v) is 4.92. The van der Waals surface area contributed by atoms with Crippen LogP contribution in [0, 0.1) is 10.1 Å². The third-order valence-corrected chi connectivity index (χ3v) is 3.84. The number of nitro benzene ring substituents is 1. The maximum Gasteiger partial charge on any atom is 0.272 e. The number of hydrogen-bond acceptors (Lipinski definition) is 6. The van der Waals surface area contributed by atoms with Crippen LogP contribution >= 0.6 is 0 Å². The quantitative estimate of drug-likeness (QED) is 0.523. The number of nitro groups is 1. The SMILES string of the molecule is O=[N+]([O-])c1cccc2c1CCC2n1nnc2cncnc21. The summed E-state index contributed by atoms with van der Waals surface area (Å²) in [6.45, 7) is 0. The molecule has 0 spiro atoms. The summed E-state index contributed by atoms with van der Waals surface area (Å²) in [5.41, 5.74) is 3.15. The van der Waals surface area contributed by atoms with Gasteiger partial charge in [0.25, 0.3) is 5.69 Å². The van der Waals surface area contributed by atoms with Crippen LogP contribution in [0.1, 0.15) is 23.6 Å². The van der Waals surface area contributed by atoms with Crippen molar-refractivity contribution in [3.8, 4) is 0 Å². The van der Waals surface area contributed by atoms with E-state index in [1.165, 1.54) is 6.33 Å². The fourth-order valence-electron chi connectivity index (χ4n) is 2.95. The zero-order valence-electron chi connectivity index (χ0n) is 10.9. The highest BCUT2D eigenvalue weighted by Crippen LogP contribution is 2.39. The Hall–Kier alpha value is -2.90. The first-order chi connectivity index (χ1) is 10.3. The highest BCUT2D eigenvalue weighted by atomic mass is 16.6. The van der Waals surface area contributed by atoms with Crippen LogP contribution in [-0.4, -0.2) is 29.9 Å². The number of rotatable bonds is 2. The summed E-state index contributed by atoms with van der Waals surface area (Å²) in [7, 11) is 0. The molecule has 8 nitrogen and oxygen atoms in total. The third kappa shape index (κ3) is 1.69. The van der Waals surface area contributed by atoms with E-state index in [9.17, 15) is 10.1 Å². The maximum atomic E-state index is 11.1. The topological polar surface area (TPSA) is 99.6 Å². The Bertz CT molecular complexity index is 859. The molecule has 2 aromatic heterocycles. The van der Waals surface area contributed by atoms with E-state index in [2.05, 4.69) is 20.3 Å². The molecule has 0 saturated carbocycles. The van der Waals surface area contributed by atoms with Crippen LogP contribution in [-0.2, 0) is 6.42 Å². The van der Waals surface area contributed by atoms with Gasteiger partial charge in [0.15, 0.2) is 11.2 Å². The van der Waals surface area contributed by atoms with E-state index in [-0.39, 0.29) is 16.7 Å². The number of fused-ring (bicyclic) bond motifs is 2. The van der Waals surface area contributed by atoms with Crippen LogP contribution in [0.2, 0.25) is 0 Å². The van der Waals surface area contributed by atoms with Crippen molar-refractivity contribution < 1.29 is 4.92 Å². The molecule has 1 unspecified atom stereocenters. The van der Waals surface area contributed by atoms with Gasteiger partial charge in [0.05, 0.1) is 17.2 Å². The smallest absolute Gasteiger partial charge is 0.258 e. The number of benzene rings is 1. The average molecular weight is 282 g/mol. The van der Waals surface area contributed by atoms with Crippen LogP contribution in [0.5, 0.6) is 0 Å². The van der Waals surface area contributed by atoms with Crippen molar-refractivity contribution >= 4 is 16.9 Å². The van der Waals surface area contributed by atoms with Gasteiger partial charge in [0, 0.05) is 11.6 Å². The molecule has 1 aliphatic carbocycles. The molecule has 1 atom stereocenters. The minimum absolute atomic E-state index is 0.0696. The van der Waals surface area contributed by atoms with Crippen molar-refractivity contribution in [1.82, 2.24) is 25.0 Å². The summed E-state index contributed by atoms with van der Waals surface area (Å²) in [5.74, 6) is 0. The van der Waals surface area contributed by atoms with E-state index in [1.807, 2.05) is 6.07 Å². The Balaban J connectivity index is 1.88. The first-order valence-corrected chi connectivity index (χ1v) is 6.53. The maximum absolute atomic E-state index is 11.1. The minimum Gasteiger partial charge on any atom is -0.258 e. The van der Waals surface area contributed by atoms with Gasteiger partial charge in [-0.1, -0.05) is 17.3 Å². The molecular weight excluding hydrogens is 272 g/mol. The second kappa shape index (κ2) is 4.30. The third-order valence-electron chi connectivity index (χ3n) is 3.84. The van der Waals surface area contributed by atoms with Gasteiger partial charge in [-0.2, -0.15) is 0 Å². The van der Waals surface area contributed by atoms with Crippen molar-refractivity contribution in [1.29, 1.82) is 0 Å². The summed E-state index contributed by atoms with van der Waals surface area (Å²) in [6.07, 6.45) is 4.47. The monoisotopic (exact) mass is 282 g/mol. The fraction of sp³-hybridized carbons (Fsp3) is 0.231. The zero-order chi connectivity index (χ0) is 14.4. The van der Waals surface area contributed by atoms with Crippen molar-refractivity contribution in [3.63, 3.8) is 0 Å². The molecule has 21 heavy (non-hydrogen) atoms. The van der Waals surface area contributed by atoms with Gasteiger partial charge in [-0.05, 0) is 18.4 Å². The Kier molecular flexibility index (Phi) is 2.44. The number of hydrogen-bond donors (Lipinski definition) is 0. The van der Waals surface area contributed by atoms with Gasteiger partial charge in [-0.15, -0.1) is 5.10 Å². The van der Waals surface area contributed by atoms with E-state index in [0.29, 0.717) is 17.6 Å². The lowest BCUT2D eigenvalue weighted by atomic mass is 10.1. The Labute approximate surface area is 118 Å². The molecular formula is C13H10N6O2. The molecule has 0 N–H and O–H groups in total. The van der Waals surface area contributed by atoms with Gasteiger partial charge in [-0.3, -0.25) is 10.1 Å². The molecule has 8 heteroatoms.